The first-order valence-electron chi connectivity index (χ1n) is 10.9. The highest BCUT2D eigenvalue weighted by molar-refractivity contribution is 6.32. The Labute approximate surface area is 205 Å². The Hall–Kier alpha value is -3.42. The van der Waals surface area contributed by atoms with Crippen LogP contribution in [0.15, 0.2) is 67.0 Å². The van der Waals surface area contributed by atoms with E-state index in [0.717, 1.165) is 17.4 Å². The predicted molar refractivity (Wildman–Crippen MR) is 133 cm³/mol. The van der Waals surface area contributed by atoms with Gasteiger partial charge in [-0.05, 0) is 69.3 Å². The minimum absolute atomic E-state index is 0.0289. The Morgan fingerprint density at radius 1 is 1.12 bits per heavy atom. The van der Waals surface area contributed by atoms with E-state index in [4.69, 9.17) is 21.1 Å². The van der Waals surface area contributed by atoms with Gasteiger partial charge in [0.05, 0.1) is 17.2 Å². The number of hydrogen-bond donors (Lipinski definition) is 2. The minimum Gasteiger partial charge on any atom is -0.489 e. The predicted octanol–water partition coefficient (Wildman–Crippen LogP) is 4.22. The zero-order valence-corrected chi connectivity index (χ0v) is 20.3. The molecular weight excluding hydrogens is 454 g/mol. The smallest absolute Gasteiger partial charge is 0.251 e. The number of benzene rings is 2. The lowest BCUT2D eigenvalue weighted by Gasteiger charge is -2.15. The number of nitrogens with two attached hydrogens (primary N) is 1. The zero-order valence-electron chi connectivity index (χ0n) is 19.5. The van der Waals surface area contributed by atoms with Crippen LogP contribution in [0.2, 0.25) is 5.02 Å². The van der Waals surface area contributed by atoms with Crippen LogP contribution in [0.1, 0.15) is 35.3 Å². The fraction of sp³-hybridized carbons (Fsp3) is 0.269. The molecule has 7 nitrogen and oxygen atoms in total. The number of hydrogen-bond acceptors (Lipinski definition) is 6. The molecule has 0 aliphatic carbocycles. The van der Waals surface area contributed by atoms with Crippen LogP contribution in [0.25, 0.3) is 0 Å². The van der Waals surface area contributed by atoms with Crippen molar-refractivity contribution in [3.05, 3.63) is 88.7 Å². The second-order valence-electron chi connectivity index (χ2n) is 7.53. The lowest BCUT2D eigenvalue weighted by molar-refractivity contribution is -0.109. The Kier molecular flexibility index (Phi) is 11.0. The first kappa shape index (κ1) is 26.8. The molecule has 2 aromatic carbocycles. The molecule has 0 spiro atoms. The van der Waals surface area contributed by atoms with Gasteiger partial charge in [0.1, 0.15) is 24.4 Å². The summed E-state index contributed by atoms with van der Waals surface area (Å²) in [4.78, 5) is 28.2. The van der Waals surface area contributed by atoms with Gasteiger partial charge in [-0.3, -0.25) is 9.78 Å². The molecule has 1 atom stereocenters. The van der Waals surface area contributed by atoms with E-state index in [0.29, 0.717) is 35.1 Å². The van der Waals surface area contributed by atoms with Crippen molar-refractivity contribution in [2.45, 2.75) is 39.0 Å². The zero-order chi connectivity index (χ0) is 24.9. The fourth-order valence-electron chi connectivity index (χ4n) is 3.00. The van der Waals surface area contributed by atoms with Crippen LogP contribution < -0.4 is 20.5 Å². The van der Waals surface area contributed by atoms with E-state index in [1.54, 1.807) is 24.5 Å². The Morgan fingerprint density at radius 3 is 2.44 bits per heavy atom. The average Bonchev–Trinajstić information content (AvgIpc) is 2.86. The van der Waals surface area contributed by atoms with Crippen LogP contribution in [0.3, 0.4) is 0 Å². The molecule has 0 aliphatic heterocycles. The second-order valence-corrected chi connectivity index (χ2v) is 7.93. The van der Waals surface area contributed by atoms with Crippen molar-refractivity contribution in [1.82, 2.24) is 10.3 Å². The Morgan fingerprint density at radius 2 is 1.85 bits per heavy atom. The molecule has 0 saturated heterocycles. The van der Waals surface area contributed by atoms with Gasteiger partial charge in [0, 0.05) is 23.5 Å². The van der Waals surface area contributed by atoms with Gasteiger partial charge in [-0.25, -0.2) is 0 Å². The van der Waals surface area contributed by atoms with Crippen LogP contribution >= 0.6 is 11.6 Å². The fourth-order valence-corrected chi connectivity index (χ4v) is 3.23. The molecule has 0 radical (unpaired) electrons. The summed E-state index contributed by atoms with van der Waals surface area (Å²) in [5.41, 5.74) is 6.73. The van der Waals surface area contributed by atoms with Crippen molar-refractivity contribution in [1.29, 1.82) is 0 Å². The van der Waals surface area contributed by atoms with Gasteiger partial charge in [0.15, 0.2) is 0 Å². The highest BCUT2D eigenvalue weighted by Gasteiger charge is 2.16. The monoisotopic (exact) mass is 483 g/mol. The van der Waals surface area contributed by atoms with Crippen LogP contribution in [0.4, 0.5) is 0 Å². The largest absolute Gasteiger partial charge is 0.489 e. The van der Waals surface area contributed by atoms with Gasteiger partial charge in [-0.2, -0.15) is 0 Å². The first-order chi connectivity index (χ1) is 16.4. The van der Waals surface area contributed by atoms with Gasteiger partial charge in [0.25, 0.3) is 5.91 Å². The summed E-state index contributed by atoms with van der Waals surface area (Å²) in [6.45, 7) is 4.21. The Bertz CT molecular complexity index is 1040. The highest BCUT2D eigenvalue weighted by atomic mass is 35.5. The quantitative estimate of drug-likeness (QED) is 0.418. The topological polar surface area (TPSA) is 104 Å². The molecule has 180 valence electrons. The van der Waals surface area contributed by atoms with Gasteiger partial charge in [-0.1, -0.05) is 29.8 Å². The number of ether oxygens (including phenoxy) is 2. The number of nitrogens with zero attached hydrogens (tertiary/aromatic N) is 1. The van der Waals surface area contributed by atoms with Crippen molar-refractivity contribution in [3.63, 3.8) is 0 Å². The van der Waals surface area contributed by atoms with E-state index >= 15 is 0 Å². The molecule has 34 heavy (non-hydrogen) atoms. The van der Waals surface area contributed by atoms with Gasteiger partial charge in [0.2, 0.25) is 0 Å². The number of halogens is 1. The molecule has 8 heteroatoms. The average molecular weight is 484 g/mol. The van der Waals surface area contributed by atoms with Crippen molar-refractivity contribution in [3.8, 4) is 11.5 Å². The van der Waals surface area contributed by atoms with Crippen molar-refractivity contribution >= 4 is 23.8 Å². The maximum absolute atomic E-state index is 12.6. The molecule has 0 bridgehead atoms. The van der Waals surface area contributed by atoms with Crippen molar-refractivity contribution in [2.75, 3.05) is 7.05 Å². The lowest BCUT2D eigenvalue weighted by atomic mass is 10.1. The Balaban J connectivity index is 0.00000199. The third-order valence-corrected chi connectivity index (χ3v) is 4.84. The SMILES string of the molecule is CC(C)Oc1ccc(C(=O)NC(C=O)Cc2ccc(OCc3cccnc3)cc2)cc1Cl.CN. The molecule has 0 saturated carbocycles. The summed E-state index contributed by atoms with van der Waals surface area (Å²) in [6, 6.07) is 15.3. The third kappa shape index (κ3) is 8.50. The van der Waals surface area contributed by atoms with Crippen LogP contribution in [0.5, 0.6) is 11.5 Å². The normalized spacial score (nSPS) is 11.1. The van der Waals surface area contributed by atoms with Crippen molar-refractivity contribution in [2.24, 2.45) is 5.73 Å². The molecule has 1 aromatic heterocycles. The van der Waals surface area contributed by atoms with Crippen LogP contribution in [0, 0.1) is 0 Å². The standard InChI is InChI=1S/C25H25ClN2O4.CH5N/c1-17(2)32-24-10-7-20(13-23(24)26)25(30)28-21(15-29)12-18-5-8-22(9-6-18)31-16-19-4-3-11-27-14-19;1-2/h3-11,13-15,17,21H,12,16H2,1-2H3,(H,28,30);2H2,1H3. The number of carbonyl (C=O) groups excluding carboxylic acids is 2. The number of pyridine rings is 1. The molecule has 3 aromatic rings. The summed E-state index contributed by atoms with van der Waals surface area (Å²) in [5, 5.41) is 3.08. The summed E-state index contributed by atoms with van der Waals surface area (Å²) >= 11 is 6.21. The molecule has 0 aliphatic rings. The number of carbonyl (C=O) groups is 2. The molecule has 1 unspecified atom stereocenters. The number of amides is 1. The number of nitrogens with one attached hydrogen (secondary N) is 1. The molecule has 3 rings (SSSR count). The second kappa shape index (κ2) is 14.0. The molecule has 0 fully saturated rings. The van der Waals surface area contributed by atoms with E-state index in [2.05, 4.69) is 16.0 Å². The number of aromatic nitrogens is 1. The summed E-state index contributed by atoms with van der Waals surface area (Å²) < 4.78 is 11.3. The van der Waals surface area contributed by atoms with E-state index in [1.165, 1.54) is 13.1 Å². The molecule has 1 heterocycles. The van der Waals surface area contributed by atoms with Crippen LogP contribution in [-0.4, -0.2) is 36.4 Å². The number of rotatable bonds is 10. The maximum atomic E-state index is 12.6. The van der Waals surface area contributed by atoms with E-state index < -0.39 is 6.04 Å². The summed E-state index contributed by atoms with van der Waals surface area (Å²) in [7, 11) is 1.50. The minimum atomic E-state index is -0.671. The molecule has 1 amide bonds. The van der Waals surface area contributed by atoms with Crippen molar-refractivity contribution < 1.29 is 19.1 Å². The van der Waals surface area contributed by atoms with Crippen LogP contribution in [-0.2, 0) is 17.8 Å². The first-order valence-corrected chi connectivity index (χ1v) is 11.2. The van der Waals surface area contributed by atoms with E-state index in [-0.39, 0.29) is 12.0 Å². The molecular formula is C26H30ClN3O4. The highest BCUT2D eigenvalue weighted by Crippen LogP contribution is 2.26. The summed E-state index contributed by atoms with van der Waals surface area (Å²) in [6.07, 6.45) is 4.52. The van der Waals surface area contributed by atoms with E-state index in [1.807, 2.05) is 50.2 Å². The molecule has 3 N–H and O–H groups in total. The third-order valence-electron chi connectivity index (χ3n) is 4.54. The summed E-state index contributed by atoms with van der Waals surface area (Å²) in [5.74, 6) is 0.843. The van der Waals surface area contributed by atoms with E-state index in [9.17, 15) is 9.59 Å². The maximum Gasteiger partial charge on any atom is 0.251 e. The van der Waals surface area contributed by atoms with Gasteiger partial charge < -0.3 is 25.3 Å². The number of aldehydes is 1. The van der Waals surface area contributed by atoms with Gasteiger partial charge >= 0.3 is 0 Å². The van der Waals surface area contributed by atoms with Gasteiger partial charge in [-0.15, -0.1) is 0 Å². The lowest BCUT2D eigenvalue weighted by Crippen LogP contribution is -2.37.